The van der Waals surface area contributed by atoms with Crippen molar-refractivity contribution in [1.29, 1.82) is 0 Å². The van der Waals surface area contributed by atoms with Crippen LogP contribution in [-0.4, -0.2) is 22.2 Å². The number of pyridine rings is 1. The summed E-state index contributed by atoms with van der Waals surface area (Å²) in [5, 5.41) is 0.0829. The van der Waals surface area contributed by atoms with Crippen LogP contribution >= 0.6 is 0 Å². The number of imidazole rings is 1. The van der Waals surface area contributed by atoms with Gasteiger partial charge in [-0.05, 0) is 100 Å². The standard InChI is InChI=1S/C72H64N4OSi.Pt/c1-70(2,3)52-38-35-50(36-39-52)51-37-42-64-66(45-51)74(54-23-21-24-55(47-54)77-56-40-41-61-60-31-19-20-33-63(60)76(65(61)48-56)68-46-53(43-44-73-68)71(4,5)6)49-75(64)69-62(72(7,8)9)32-22-34-67(69)78(57-25-13-10-14-26-57,58-27-15-11-16-28-58)59-29-17-12-18-30-59;/h10-46H,1-9H3;/q-2;/i10D,11D,12D,13D,14D,15D,16D,17D,18D,25D,26D,27D,28D,29D,30D;. The second-order valence-electron chi connectivity index (χ2n) is 22.6. The first kappa shape index (κ1) is 37.8. The first-order chi connectivity index (χ1) is 43.8. The van der Waals surface area contributed by atoms with Crippen LogP contribution in [0.1, 0.15) is 99.6 Å². The summed E-state index contributed by atoms with van der Waals surface area (Å²) in [4.78, 5) is 4.85. The number of hydrogen-bond acceptors (Lipinski definition) is 2. The van der Waals surface area contributed by atoms with Gasteiger partial charge in [-0.3, -0.25) is 4.57 Å². The normalized spacial score (nSPS) is 14.9. The number of rotatable bonds is 10. The summed E-state index contributed by atoms with van der Waals surface area (Å²) in [5.41, 5.74) is 6.41. The molecule has 0 fully saturated rings. The van der Waals surface area contributed by atoms with E-state index in [0.29, 0.717) is 33.8 Å². The van der Waals surface area contributed by atoms with E-state index in [1.165, 1.54) is 0 Å². The molecule has 3 heterocycles. The number of aromatic nitrogens is 4. The maximum Gasteiger partial charge on any atom is 0.268 e. The van der Waals surface area contributed by atoms with Crippen LogP contribution in [0, 0.1) is 18.5 Å². The number of para-hydroxylation sites is 2. The topological polar surface area (TPSA) is 35.9 Å². The van der Waals surface area contributed by atoms with E-state index in [-0.39, 0.29) is 42.8 Å². The molecule has 7 heteroatoms. The fourth-order valence-electron chi connectivity index (χ4n) is 10.5. The van der Waals surface area contributed by atoms with Gasteiger partial charge in [-0.25, -0.2) is 4.98 Å². The fraction of sp³-hybridized carbons (Fsp3) is 0.167. The molecular weight excluding hydrogens is 1160 g/mol. The number of benzene rings is 9. The summed E-state index contributed by atoms with van der Waals surface area (Å²) in [5.74, 6) is 1.39. The van der Waals surface area contributed by atoms with Gasteiger partial charge in [0.1, 0.15) is 5.82 Å². The average Bonchev–Trinajstić information content (AvgIpc) is 0.688. The molecule has 0 unspecified atom stereocenters. The molecule has 0 aliphatic carbocycles. The summed E-state index contributed by atoms with van der Waals surface area (Å²) in [6, 6.07) is 34.7. The molecule has 0 aliphatic heterocycles. The Bertz CT molecular complexity index is 4850. The van der Waals surface area contributed by atoms with E-state index in [2.05, 4.69) is 94.9 Å². The number of ether oxygens (including phenoxy) is 1. The minimum absolute atomic E-state index is 0. The van der Waals surface area contributed by atoms with Crippen LogP contribution < -0.4 is 30.1 Å². The Morgan fingerprint density at radius 2 is 1.14 bits per heavy atom. The maximum atomic E-state index is 9.93. The van der Waals surface area contributed by atoms with Crippen molar-refractivity contribution < 1.29 is 50.9 Å². The largest absolute Gasteiger partial charge is 0.510 e. The molecule has 3 aromatic heterocycles. The molecule has 0 atom stereocenters. The van der Waals surface area contributed by atoms with E-state index < -0.39 is 120 Å². The fourth-order valence-corrected chi connectivity index (χ4v) is 14.5. The zero-order valence-electron chi connectivity index (χ0n) is 60.2. The molecule has 9 aromatic carbocycles. The summed E-state index contributed by atoms with van der Waals surface area (Å²) in [7, 11) is -5.71. The van der Waals surface area contributed by atoms with E-state index >= 15 is 0 Å². The van der Waals surface area contributed by atoms with E-state index in [0.717, 1.165) is 49.9 Å². The summed E-state index contributed by atoms with van der Waals surface area (Å²) in [6.07, 6.45) is 5.44. The number of fused-ring (bicyclic) bond motifs is 4. The van der Waals surface area contributed by atoms with Gasteiger partial charge in [-0.1, -0.05) is 231 Å². The molecule has 0 spiro atoms. The van der Waals surface area contributed by atoms with Crippen LogP contribution in [0.5, 0.6) is 11.5 Å². The quantitative estimate of drug-likeness (QED) is 0.0592. The van der Waals surface area contributed by atoms with E-state index in [4.69, 9.17) is 13.8 Å². The van der Waals surface area contributed by atoms with Crippen molar-refractivity contribution in [3.8, 4) is 39.8 Å². The first-order valence-electron chi connectivity index (χ1n) is 33.4. The molecule has 0 saturated heterocycles. The Hall–Kier alpha value is -7.89. The van der Waals surface area contributed by atoms with Crippen LogP contribution in [0.2, 0.25) is 0 Å². The third-order valence-corrected chi connectivity index (χ3v) is 18.7. The van der Waals surface area contributed by atoms with Gasteiger partial charge in [0, 0.05) is 44.3 Å². The van der Waals surface area contributed by atoms with Gasteiger partial charge in [-0.2, -0.15) is 18.2 Å². The smallest absolute Gasteiger partial charge is 0.268 e. The molecule has 0 amide bonds. The van der Waals surface area contributed by atoms with Crippen LogP contribution in [0.25, 0.3) is 61.2 Å². The van der Waals surface area contributed by atoms with Gasteiger partial charge < -0.3 is 13.9 Å². The maximum absolute atomic E-state index is 9.93. The van der Waals surface area contributed by atoms with Crippen molar-refractivity contribution in [1.82, 2.24) is 14.1 Å². The van der Waals surface area contributed by atoms with Gasteiger partial charge in [-0.15, -0.1) is 29.7 Å². The Morgan fingerprint density at radius 1 is 0.532 bits per heavy atom. The zero-order chi connectivity index (χ0) is 67.0. The zero-order valence-corrected chi connectivity index (χ0v) is 48.5. The van der Waals surface area contributed by atoms with E-state index in [9.17, 15) is 16.4 Å². The van der Waals surface area contributed by atoms with Gasteiger partial charge in [0.2, 0.25) is 0 Å². The molecule has 12 rings (SSSR count). The van der Waals surface area contributed by atoms with E-state index in [1.807, 2.05) is 99.8 Å². The van der Waals surface area contributed by atoms with Crippen molar-refractivity contribution in [3.63, 3.8) is 0 Å². The first-order valence-corrected chi connectivity index (χ1v) is 27.9. The molecular formula is C72H64N4OPtSi-2. The molecule has 0 saturated carbocycles. The van der Waals surface area contributed by atoms with Crippen LogP contribution in [0.15, 0.2) is 224 Å². The van der Waals surface area contributed by atoms with Crippen molar-refractivity contribution >= 4 is 61.7 Å². The second-order valence-corrected chi connectivity index (χ2v) is 26.1. The molecule has 79 heavy (non-hydrogen) atoms. The molecule has 12 aromatic rings. The summed E-state index contributed by atoms with van der Waals surface area (Å²) in [6.45, 7) is 18.6. The van der Waals surface area contributed by atoms with Crippen LogP contribution in [0.3, 0.4) is 0 Å². The molecule has 0 aliphatic rings. The predicted octanol–water partition coefficient (Wildman–Crippen LogP) is 14.5. The number of hydrogen-bond donors (Lipinski definition) is 0. The van der Waals surface area contributed by atoms with Crippen molar-refractivity contribution in [3.05, 3.63) is 259 Å². The minimum atomic E-state index is -5.71. The van der Waals surface area contributed by atoms with Crippen LogP contribution in [-0.2, 0) is 37.3 Å². The monoisotopic (exact) mass is 1240 g/mol. The Balaban J connectivity index is 0.00000901. The third kappa shape index (κ3) is 9.70. The van der Waals surface area contributed by atoms with E-state index in [1.54, 1.807) is 33.4 Å². The van der Waals surface area contributed by atoms with Gasteiger partial charge >= 0.3 is 0 Å². The molecule has 0 radical (unpaired) electrons. The number of nitrogens with zero attached hydrogens (tertiary/aromatic N) is 4. The molecule has 0 bridgehead atoms. The Morgan fingerprint density at radius 3 is 1.77 bits per heavy atom. The third-order valence-electron chi connectivity index (χ3n) is 14.4. The molecule has 5 nitrogen and oxygen atoms in total. The van der Waals surface area contributed by atoms with Crippen molar-refractivity contribution in [2.45, 2.75) is 78.6 Å². The minimum Gasteiger partial charge on any atom is -0.510 e. The van der Waals surface area contributed by atoms with Crippen molar-refractivity contribution in [2.24, 2.45) is 0 Å². The van der Waals surface area contributed by atoms with Crippen molar-refractivity contribution in [2.75, 3.05) is 0 Å². The van der Waals surface area contributed by atoms with Crippen LogP contribution in [0.4, 0.5) is 0 Å². The van der Waals surface area contributed by atoms with Gasteiger partial charge in [0.25, 0.3) is 6.33 Å². The second kappa shape index (κ2) is 20.7. The summed E-state index contributed by atoms with van der Waals surface area (Å²) < 4.78 is 154. The van der Waals surface area contributed by atoms with Gasteiger partial charge in [0.15, 0.2) is 8.07 Å². The molecule has 394 valence electrons. The van der Waals surface area contributed by atoms with Gasteiger partial charge in [0.05, 0.1) is 37.3 Å². The SMILES string of the molecule is [2H]c1c([2H])c([2H])c([Si](c2cccc(C(C)(C)C)c2-[n+]2[c-]n(-c3[c-]c(Oc4[c-]c5c(cc4)c4ccccc4n5-c4cc(C(C)(C)C)ccn4)ccc3)c3cc(-c4ccc(C(C)(C)C)cc4)ccc32)(c2c([2H])c([2H])c([2H])c([2H])c2[2H])c2c([2H])c([2H])c([2H])c([2H])c2[2H])c([2H])c1[2H].[Pt]. The predicted molar refractivity (Wildman–Crippen MR) is 325 cm³/mol. The Kier molecular flexibility index (Phi) is 9.92. The Labute approximate surface area is 502 Å². The average molecular weight is 1240 g/mol. The molecule has 0 N–H and O–H groups in total. The summed E-state index contributed by atoms with van der Waals surface area (Å²) >= 11 is 0.